The third-order valence-corrected chi connectivity index (χ3v) is 5.74. The second kappa shape index (κ2) is 11.3. The molecule has 3 aromatic carbocycles. The molecule has 4 rings (SSSR count). The van der Waals surface area contributed by atoms with Crippen molar-refractivity contribution in [3.05, 3.63) is 90.2 Å². The molecule has 1 N–H and O–H groups in total. The maximum absolute atomic E-state index is 13.0. The molecule has 1 saturated heterocycles. The van der Waals surface area contributed by atoms with Gasteiger partial charge in [-0.05, 0) is 54.8 Å². The summed E-state index contributed by atoms with van der Waals surface area (Å²) in [4.78, 5) is 26.9. The van der Waals surface area contributed by atoms with Crippen LogP contribution in [0.3, 0.4) is 0 Å². The van der Waals surface area contributed by atoms with E-state index in [-0.39, 0.29) is 30.2 Å². The summed E-state index contributed by atoms with van der Waals surface area (Å²) >= 11 is 0. The van der Waals surface area contributed by atoms with Gasteiger partial charge in [0, 0.05) is 30.8 Å². The minimum Gasteiger partial charge on any atom is -0.489 e. The molecule has 7 heteroatoms. The van der Waals surface area contributed by atoms with Gasteiger partial charge in [-0.25, -0.2) is 4.39 Å². The van der Waals surface area contributed by atoms with Crippen molar-refractivity contribution >= 4 is 17.5 Å². The smallest absolute Gasteiger partial charge is 0.260 e. The zero-order chi connectivity index (χ0) is 23.8. The average Bonchev–Trinajstić information content (AvgIpc) is 2.88. The number of carbonyl (C=O) groups excluding carboxylic acids is 2. The van der Waals surface area contributed by atoms with E-state index in [4.69, 9.17) is 9.47 Å². The monoisotopic (exact) mass is 462 g/mol. The van der Waals surface area contributed by atoms with Crippen molar-refractivity contribution < 1.29 is 23.5 Å². The number of hydrogen-bond acceptors (Lipinski definition) is 4. The van der Waals surface area contributed by atoms with E-state index in [9.17, 15) is 14.0 Å². The molecule has 0 saturated carbocycles. The summed E-state index contributed by atoms with van der Waals surface area (Å²) in [6, 6.07) is 22.6. The molecule has 34 heavy (non-hydrogen) atoms. The number of nitrogens with one attached hydrogen (secondary N) is 1. The van der Waals surface area contributed by atoms with Crippen LogP contribution in [-0.2, 0) is 16.2 Å². The number of amides is 2. The van der Waals surface area contributed by atoms with E-state index >= 15 is 0 Å². The highest BCUT2D eigenvalue weighted by molar-refractivity contribution is 5.93. The summed E-state index contributed by atoms with van der Waals surface area (Å²) in [7, 11) is 0. The topological polar surface area (TPSA) is 67.9 Å². The Morgan fingerprint density at radius 2 is 1.59 bits per heavy atom. The van der Waals surface area contributed by atoms with Crippen LogP contribution in [0, 0.1) is 11.7 Å². The van der Waals surface area contributed by atoms with Gasteiger partial charge in [-0.15, -0.1) is 0 Å². The molecule has 1 aliphatic heterocycles. The first-order valence-electron chi connectivity index (χ1n) is 11.3. The highest BCUT2D eigenvalue weighted by Gasteiger charge is 2.27. The third-order valence-electron chi connectivity index (χ3n) is 5.74. The van der Waals surface area contributed by atoms with Gasteiger partial charge in [0.1, 0.15) is 23.9 Å². The number of carbonyl (C=O) groups is 2. The Labute approximate surface area is 198 Å². The fraction of sp³-hybridized carbons (Fsp3) is 0.259. The second-order valence-electron chi connectivity index (χ2n) is 8.19. The summed E-state index contributed by atoms with van der Waals surface area (Å²) < 4.78 is 24.3. The number of anilines is 1. The maximum atomic E-state index is 13.0. The molecule has 0 bridgehead atoms. The van der Waals surface area contributed by atoms with Crippen LogP contribution in [0.15, 0.2) is 78.9 Å². The molecule has 0 spiro atoms. The number of rotatable bonds is 8. The van der Waals surface area contributed by atoms with E-state index in [1.807, 2.05) is 42.5 Å². The van der Waals surface area contributed by atoms with Crippen LogP contribution < -0.4 is 14.8 Å². The van der Waals surface area contributed by atoms with Gasteiger partial charge in [0.15, 0.2) is 6.61 Å². The molecule has 1 aliphatic rings. The van der Waals surface area contributed by atoms with Gasteiger partial charge in [-0.2, -0.15) is 0 Å². The average molecular weight is 463 g/mol. The summed E-state index contributed by atoms with van der Waals surface area (Å²) in [5, 5.41) is 2.95. The molecule has 3 aromatic rings. The zero-order valence-electron chi connectivity index (χ0n) is 18.8. The van der Waals surface area contributed by atoms with Gasteiger partial charge in [0.2, 0.25) is 5.91 Å². The molecule has 1 fully saturated rings. The number of halogens is 1. The Hall–Kier alpha value is -3.87. The molecule has 0 unspecified atom stereocenters. The minimum absolute atomic E-state index is 0.00834. The van der Waals surface area contributed by atoms with Crippen molar-refractivity contribution in [3.63, 3.8) is 0 Å². The Bertz CT molecular complexity index is 1100. The largest absolute Gasteiger partial charge is 0.489 e. The number of ether oxygens (including phenoxy) is 2. The maximum Gasteiger partial charge on any atom is 0.260 e. The number of likely N-dealkylation sites (tertiary alicyclic amines) is 1. The zero-order valence-corrected chi connectivity index (χ0v) is 18.8. The Morgan fingerprint density at radius 3 is 2.32 bits per heavy atom. The van der Waals surface area contributed by atoms with E-state index in [0.29, 0.717) is 49.7 Å². The predicted molar refractivity (Wildman–Crippen MR) is 127 cm³/mol. The minimum atomic E-state index is -0.288. The lowest BCUT2D eigenvalue weighted by Gasteiger charge is -2.31. The van der Waals surface area contributed by atoms with Crippen LogP contribution in [0.4, 0.5) is 10.1 Å². The van der Waals surface area contributed by atoms with E-state index in [2.05, 4.69) is 5.32 Å². The van der Waals surface area contributed by atoms with E-state index in [1.165, 1.54) is 12.1 Å². The number of piperidine rings is 1. The normalized spacial score (nSPS) is 13.9. The number of para-hydroxylation sites is 1. The van der Waals surface area contributed by atoms with Crippen molar-refractivity contribution in [1.82, 2.24) is 4.90 Å². The van der Waals surface area contributed by atoms with Crippen molar-refractivity contribution in [2.24, 2.45) is 5.92 Å². The quantitative estimate of drug-likeness (QED) is 0.529. The van der Waals surface area contributed by atoms with Gasteiger partial charge < -0.3 is 19.7 Å². The lowest BCUT2D eigenvalue weighted by atomic mass is 9.95. The summed E-state index contributed by atoms with van der Waals surface area (Å²) in [5.41, 5.74) is 1.50. The van der Waals surface area contributed by atoms with Crippen LogP contribution in [-0.4, -0.2) is 36.4 Å². The predicted octanol–water partition coefficient (Wildman–Crippen LogP) is 4.66. The first-order valence-corrected chi connectivity index (χ1v) is 11.3. The van der Waals surface area contributed by atoms with Gasteiger partial charge >= 0.3 is 0 Å². The highest BCUT2D eigenvalue weighted by atomic mass is 19.1. The number of nitrogens with zero attached hydrogens (tertiary/aromatic N) is 1. The van der Waals surface area contributed by atoms with E-state index < -0.39 is 0 Å². The van der Waals surface area contributed by atoms with Crippen molar-refractivity contribution in [3.8, 4) is 11.5 Å². The van der Waals surface area contributed by atoms with Crippen LogP contribution in [0.2, 0.25) is 0 Å². The summed E-state index contributed by atoms with van der Waals surface area (Å²) in [6.07, 6.45) is 1.20. The molecular weight excluding hydrogens is 435 g/mol. The van der Waals surface area contributed by atoms with Gasteiger partial charge in [-0.1, -0.05) is 36.4 Å². The Kier molecular flexibility index (Phi) is 7.75. The molecule has 1 heterocycles. The van der Waals surface area contributed by atoms with Crippen LogP contribution in [0.25, 0.3) is 0 Å². The first-order chi connectivity index (χ1) is 16.6. The van der Waals surface area contributed by atoms with Crippen molar-refractivity contribution in [1.29, 1.82) is 0 Å². The van der Waals surface area contributed by atoms with Crippen molar-refractivity contribution in [2.45, 2.75) is 19.4 Å². The van der Waals surface area contributed by atoms with E-state index in [1.54, 1.807) is 29.2 Å². The highest BCUT2D eigenvalue weighted by Crippen LogP contribution is 2.23. The van der Waals surface area contributed by atoms with Crippen LogP contribution in [0.1, 0.15) is 18.4 Å². The summed E-state index contributed by atoms with van der Waals surface area (Å²) in [6.45, 7) is 1.34. The third kappa shape index (κ3) is 6.57. The second-order valence-corrected chi connectivity index (χ2v) is 8.19. The van der Waals surface area contributed by atoms with Gasteiger partial charge in [0.25, 0.3) is 5.91 Å². The molecule has 0 radical (unpaired) electrons. The van der Waals surface area contributed by atoms with Gasteiger partial charge in [0.05, 0.1) is 0 Å². The lowest BCUT2D eigenvalue weighted by molar-refractivity contribution is -0.136. The number of hydrogen-bond donors (Lipinski definition) is 1. The van der Waals surface area contributed by atoms with Crippen molar-refractivity contribution in [2.75, 3.05) is 25.0 Å². The van der Waals surface area contributed by atoms with Crippen LogP contribution in [0.5, 0.6) is 11.5 Å². The SMILES string of the molecule is O=C(Nc1cccc(OCc2ccc(F)cc2)c1)C1CCN(C(=O)COc2ccccc2)CC1. The standard InChI is InChI=1S/C27H27FN2O4/c28-22-11-9-20(10-12-22)18-33-25-8-4-5-23(17-25)29-27(32)21-13-15-30(16-14-21)26(31)19-34-24-6-2-1-3-7-24/h1-12,17,21H,13-16,18-19H2,(H,29,32). The molecule has 6 nitrogen and oxygen atoms in total. The Balaban J connectivity index is 1.22. The molecule has 0 aromatic heterocycles. The number of benzene rings is 3. The first kappa shape index (κ1) is 23.3. The molecule has 176 valence electrons. The molecule has 0 atom stereocenters. The summed E-state index contributed by atoms with van der Waals surface area (Å²) in [5.74, 6) is 0.680. The molecule has 2 amide bonds. The fourth-order valence-corrected chi connectivity index (χ4v) is 3.80. The Morgan fingerprint density at radius 1 is 0.882 bits per heavy atom. The lowest BCUT2D eigenvalue weighted by Crippen LogP contribution is -2.43. The fourth-order valence-electron chi connectivity index (χ4n) is 3.80. The van der Waals surface area contributed by atoms with E-state index in [0.717, 1.165) is 5.56 Å². The molecular formula is C27H27FN2O4. The molecule has 0 aliphatic carbocycles. The van der Waals surface area contributed by atoms with Gasteiger partial charge in [-0.3, -0.25) is 9.59 Å². The van der Waals surface area contributed by atoms with Crippen LogP contribution >= 0.6 is 0 Å².